The van der Waals surface area contributed by atoms with Gasteiger partial charge in [0, 0.05) is 20.6 Å². The third-order valence-electron chi connectivity index (χ3n) is 6.67. The standard InChI is InChI=1S/C21H43O7P.C11H24.C3H6O.CH5N/c1-6-8-9-10-11-12-19(24-5)13-15-25-21(28-29-26-14-7-2)16-20(22)27-18(3)17-23-4;1-3-5-7-9-11-10-8-6-4-2;1-2-3-4;1-2/h7,18-22,29H,2,6,8-17H2,1,3-5H3;3-11H2,1-2H3;2,4H,1,3H2;2H2,1H3/t18-,19?,20?,21?;;;/m0.../s1. The molecule has 0 spiro atoms. The number of aliphatic hydroxyl groups is 2. The van der Waals surface area contributed by atoms with Gasteiger partial charge in [0.25, 0.3) is 0 Å². The van der Waals surface area contributed by atoms with Crippen molar-refractivity contribution >= 4 is 9.03 Å². The smallest absolute Gasteiger partial charge is 0.168 e. The number of unbranched alkanes of at least 4 members (excludes halogenated alkanes) is 12. The monoisotopic (exact) mass is 684 g/mol. The lowest BCUT2D eigenvalue weighted by Gasteiger charge is -2.24. The number of rotatable bonds is 31. The molecule has 0 radical (unpaired) electrons. The van der Waals surface area contributed by atoms with Crippen molar-refractivity contribution in [2.75, 3.05) is 47.7 Å². The molecule has 0 fully saturated rings. The summed E-state index contributed by atoms with van der Waals surface area (Å²) in [5, 5.41) is 17.9. The zero-order valence-corrected chi connectivity index (χ0v) is 32.1. The van der Waals surface area contributed by atoms with Gasteiger partial charge < -0.3 is 43.9 Å². The predicted octanol–water partition coefficient (Wildman–Crippen LogP) is 8.86. The van der Waals surface area contributed by atoms with Crippen molar-refractivity contribution in [1.82, 2.24) is 0 Å². The summed E-state index contributed by atoms with van der Waals surface area (Å²) in [5.74, 6) is 0. The summed E-state index contributed by atoms with van der Waals surface area (Å²) in [5.41, 5.74) is 4.50. The second-order valence-electron chi connectivity index (χ2n) is 11.0. The molecule has 0 aliphatic carbocycles. The van der Waals surface area contributed by atoms with E-state index < -0.39 is 12.6 Å². The van der Waals surface area contributed by atoms with Crippen LogP contribution in [0.1, 0.15) is 137 Å². The Kier molecular flexibility index (Phi) is 55.7. The maximum atomic E-state index is 10.1. The molecule has 10 heteroatoms. The lowest BCUT2D eigenvalue weighted by molar-refractivity contribution is -0.189. The van der Waals surface area contributed by atoms with E-state index in [1.807, 2.05) is 6.92 Å². The first-order valence-corrected chi connectivity index (χ1v) is 18.6. The molecule has 4 N–H and O–H groups in total. The molecule has 0 aliphatic rings. The molecular weight excluding hydrogens is 605 g/mol. The Morgan fingerprint density at radius 3 is 1.72 bits per heavy atom. The van der Waals surface area contributed by atoms with Crippen LogP contribution in [-0.2, 0) is 28.0 Å². The van der Waals surface area contributed by atoms with E-state index in [4.69, 9.17) is 33.1 Å². The maximum Gasteiger partial charge on any atom is 0.168 e. The zero-order chi connectivity index (χ0) is 35.5. The molecule has 0 bridgehead atoms. The van der Waals surface area contributed by atoms with E-state index in [9.17, 15) is 5.11 Å². The molecule has 0 saturated carbocycles. The molecule has 9 nitrogen and oxygen atoms in total. The van der Waals surface area contributed by atoms with Crippen LogP contribution in [0, 0.1) is 0 Å². The Balaban J connectivity index is -0.000000426. The Morgan fingerprint density at radius 2 is 1.28 bits per heavy atom. The second-order valence-corrected chi connectivity index (χ2v) is 11.7. The van der Waals surface area contributed by atoms with Gasteiger partial charge in [-0.15, -0.1) is 13.2 Å². The van der Waals surface area contributed by atoms with Crippen LogP contribution in [0.4, 0.5) is 0 Å². The Hall–Kier alpha value is -0.450. The summed E-state index contributed by atoms with van der Waals surface area (Å²) in [6.45, 7) is 16.8. The molecule has 280 valence electrons. The van der Waals surface area contributed by atoms with Gasteiger partial charge in [-0.3, -0.25) is 0 Å². The van der Waals surface area contributed by atoms with Gasteiger partial charge in [0.2, 0.25) is 0 Å². The fraction of sp³-hybridized carbons (Fsp3) is 0.889. The topological polar surface area (TPSA) is 122 Å². The summed E-state index contributed by atoms with van der Waals surface area (Å²) in [4.78, 5) is 0. The van der Waals surface area contributed by atoms with Crippen LogP contribution < -0.4 is 5.73 Å². The van der Waals surface area contributed by atoms with Gasteiger partial charge in [0.1, 0.15) is 0 Å². The molecule has 5 atom stereocenters. The molecule has 0 aromatic rings. The minimum atomic E-state index is -1.01. The molecule has 0 saturated heterocycles. The van der Waals surface area contributed by atoms with Gasteiger partial charge >= 0.3 is 0 Å². The van der Waals surface area contributed by atoms with Gasteiger partial charge in [-0.2, -0.15) is 0 Å². The zero-order valence-electron chi connectivity index (χ0n) is 31.1. The fourth-order valence-corrected chi connectivity index (χ4v) is 4.69. The predicted molar refractivity (Wildman–Crippen MR) is 197 cm³/mol. The normalized spacial score (nSPS) is 13.3. The number of nitrogens with two attached hydrogens (primary N) is 1. The highest BCUT2D eigenvalue weighted by Crippen LogP contribution is 2.22. The van der Waals surface area contributed by atoms with E-state index >= 15 is 0 Å². The third kappa shape index (κ3) is 48.0. The van der Waals surface area contributed by atoms with E-state index in [-0.39, 0.29) is 34.3 Å². The first-order valence-electron chi connectivity index (χ1n) is 17.8. The van der Waals surface area contributed by atoms with Crippen molar-refractivity contribution < 1.29 is 38.2 Å². The highest BCUT2D eigenvalue weighted by atomic mass is 31.1. The summed E-state index contributed by atoms with van der Waals surface area (Å²) >= 11 is 0. The van der Waals surface area contributed by atoms with Crippen LogP contribution in [0.5, 0.6) is 0 Å². The average Bonchev–Trinajstić information content (AvgIpc) is 3.06. The molecule has 0 rings (SSSR count). The number of ether oxygens (including phenoxy) is 4. The van der Waals surface area contributed by atoms with Crippen LogP contribution in [0.2, 0.25) is 0 Å². The van der Waals surface area contributed by atoms with Gasteiger partial charge in [-0.25, -0.2) is 0 Å². The van der Waals surface area contributed by atoms with Crippen molar-refractivity contribution in [3.63, 3.8) is 0 Å². The first kappa shape index (κ1) is 52.4. The van der Waals surface area contributed by atoms with Crippen LogP contribution in [0.25, 0.3) is 0 Å². The maximum absolute atomic E-state index is 10.1. The van der Waals surface area contributed by atoms with Crippen LogP contribution >= 0.6 is 9.03 Å². The molecule has 0 heterocycles. The lowest BCUT2D eigenvalue weighted by Crippen LogP contribution is -2.29. The fourth-order valence-electron chi connectivity index (χ4n) is 4.16. The Morgan fingerprint density at radius 1 is 0.783 bits per heavy atom. The van der Waals surface area contributed by atoms with Crippen molar-refractivity contribution in [3.8, 4) is 0 Å². The molecule has 0 amide bonds. The molecule has 0 aliphatic heterocycles. The van der Waals surface area contributed by atoms with Crippen molar-refractivity contribution in [1.29, 1.82) is 0 Å². The molecular formula is C36H78NO8P. The number of aliphatic hydroxyl groups excluding tert-OH is 2. The highest BCUT2D eigenvalue weighted by Gasteiger charge is 2.19. The average molecular weight is 684 g/mol. The Labute approximate surface area is 287 Å². The highest BCUT2D eigenvalue weighted by molar-refractivity contribution is 7.26. The van der Waals surface area contributed by atoms with Gasteiger partial charge in [0.15, 0.2) is 21.6 Å². The summed E-state index contributed by atoms with van der Waals surface area (Å²) in [6, 6.07) is 0. The number of methoxy groups -OCH3 is 2. The quantitative estimate of drug-likeness (QED) is 0.0285. The van der Waals surface area contributed by atoms with E-state index in [2.05, 4.69) is 39.7 Å². The van der Waals surface area contributed by atoms with Gasteiger partial charge in [-0.05, 0) is 26.8 Å². The number of hydrogen-bond donors (Lipinski definition) is 3. The van der Waals surface area contributed by atoms with Crippen molar-refractivity contribution in [2.24, 2.45) is 5.73 Å². The largest absolute Gasteiger partial charge is 0.392 e. The van der Waals surface area contributed by atoms with Crippen molar-refractivity contribution in [3.05, 3.63) is 25.3 Å². The minimum absolute atomic E-state index is 0.0833. The molecule has 0 aromatic carbocycles. The van der Waals surface area contributed by atoms with E-state index in [1.165, 1.54) is 103 Å². The molecule has 4 unspecified atom stereocenters. The van der Waals surface area contributed by atoms with E-state index in [0.29, 0.717) is 19.8 Å². The minimum Gasteiger partial charge on any atom is -0.392 e. The van der Waals surface area contributed by atoms with E-state index in [0.717, 1.165) is 12.8 Å². The molecule has 0 aromatic heterocycles. The van der Waals surface area contributed by atoms with Crippen LogP contribution in [-0.4, -0.2) is 82.7 Å². The Bertz CT molecular complexity index is 540. The molecule has 46 heavy (non-hydrogen) atoms. The summed E-state index contributed by atoms with van der Waals surface area (Å²) in [6.07, 6.45) is 22.6. The lowest BCUT2D eigenvalue weighted by atomic mass is 10.1. The summed E-state index contributed by atoms with van der Waals surface area (Å²) < 4.78 is 32.8. The van der Waals surface area contributed by atoms with Gasteiger partial charge in [-0.1, -0.05) is 123 Å². The second kappa shape index (κ2) is 48.9. The van der Waals surface area contributed by atoms with Crippen LogP contribution in [0.3, 0.4) is 0 Å². The van der Waals surface area contributed by atoms with E-state index in [1.54, 1.807) is 20.3 Å². The first-order chi connectivity index (χ1) is 22.4. The number of hydrogen-bond acceptors (Lipinski definition) is 9. The summed E-state index contributed by atoms with van der Waals surface area (Å²) in [7, 11) is 4.63. The SMILES string of the molecule is C=CCO.C=CCOPOC(CC(O)O[C@@H](C)COC)OCCC(CCCCCCC)OC.CCCCCCCCCCC.CN. The third-order valence-corrected chi connectivity index (χ3v) is 7.31. The van der Waals surface area contributed by atoms with Crippen molar-refractivity contribution in [2.45, 2.75) is 162 Å². The van der Waals surface area contributed by atoms with Crippen LogP contribution in [0.15, 0.2) is 25.3 Å². The van der Waals surface area contributed by atoms with Gasteiger partial charge in [0.05, 0.1) is 38.6 Å².